The van der Waals surface area contributed by atoms with Crippen LogP contribution < -0.4 is 0 Å². The lowest BCUT2D eigenvalue weighted by Gasteiger charge is -2.01. The molecule has 0 N–H and O–H groups in total. The highest BCUT2D eigenvalue weighted by molar-refractivity contribution is 5.84. The Balaban J connectivity index is 2.88. The van der Waals surface area contributed by atoms with Crippen LogP contribution in [0.2, 0.25) is 0 Å². The van der Waals surface area contributed by atoms with Crippen molar-refractivity contribution in [1.82, 2.24) is 4.98 Å². The van der Waals surface area contributed by atoms with Crippen LogP contribution in [0.3, 0.4) is 0 Å². The first kappa shape index (κ1) is 7.29. The fourth-order valence-corrected chi connectivity index (χ4v) is 1.43. The number of aryl methyl sites for hydroxylation is 2. The van der Waals surface area contributed by atoms with Crippen molar-refractivity contribution in [3.8, 4) is 0 Å². The third kappa shape index (κ3) is 1.07. The van der Waals surface area contributed by atoms with E-state index in [1.54, 1.807) is 0 Å². The Hall–Kier alpha value is -1.37. The van der Waals surface area contributed by atoms with Crippen molar-refractivity contribution in [2.75, 3.05) is 0 Å². The van der Waals surface area contributed by atoms with E-state index in [1.165, 1.54) is 16.3 Å². The van der Waals surface area contributed by atoms with E-state index in [4.69, 9.17) is 0 Å². The number of rotatable bonds is 0. The summed E-state index contributed by atoms with van der Waals surface area (Å²) >= 11 is 0. The van der Waals surface area contributed by atoms with Crippen LogP contribution in [0.1, 0.15) is 11.3 Å². The van der Waals surface area contributed by atoms with Crippen LogP contribution in [-0.4, -0.2) is 4.98 Å². The van der Waals surface area contributed by atoms with Crippen molar-refractivity contribution in [3.05, 3.63) is 41.7 Å². The normalized spacial score (nSPS) is 10.5. The molecule has 60 valence electrons. The second-order valence-corrected chi connectivity index (χ2v) is 3.12. The largest absolute Gasteiger partial charge is 0.261 e. The summed E-state index contributed by atoms with van der Waals surface area (Å²) in [5.74, 6) is 0. The van der Waals surface area contributed by atoms with Gasteiger partial charge in [0.1, 0.15) is 0 Å². The number of pyridine rings is 1. The molecular weight excluding hydrogens is 146 g/mol. The van der Waals surface area contributed by atoms with Gasteiger partial charge in [0.25, 0.3) is 0 Å². The monoisotopic (exact) mass is 157 g/mol. The van der Waals surface area contributed by atoms with E-state index in [1.807, 2.05) is 13.1 Å². The topological polar surface area (TPSA) is 12.9 Å². The van der Waals surface area contributed by atoms with Crippen molar-refractivity contribution < 1.29 is 0 Å². The van der Waals surface area contributed by atoms with Gasteiger partial charge in [-0.2, -0.15) is 0 Å². The predicted octanol–water partition coefficient (Wildman–Crippen LogP) is 2.85. The molecule has 0 radical (unpaired) electrons. The average Bonchev–Trinajstić information content (AvgIpc) is 2.07. The van der Waals surface area contributed by atoms with E-state index in [9.17, 15) is 0 Å². The van der Waals surface area contributed by atoms with Gasteiger partial charge >= 0.3 is 0 Å². The van der Waals surface area contributed by atoms with E-state index in [2.05, 4.69) is 36.2 Å². The summed E-state index contributed by atoms with van der Waals surface area (Å²) in [5, 5.41) is 2.53. The van der Waals surface area contributed by atoms with Gasteiger partial charge < -0.3 is 0 Å². The van der Waals surface area contributed by atoms with Crippen LogP contribution in [0.4, 0.5) is 0 Å². The van der Waals surface area contributed by atoms with Gasteiger partial charge in [0.05, 0.1) is 0 Å². The molecule has 2 aromatic rings. The first-order valence-corrected chi connectivity index (χ1v) is 4.09. The summed E-state index contributed by atoms with van der Waals surface area (Å²) in [7, 11) is 0. The minimum absolute atomic E-state index is 1.08. The Morgan fingerprint density at radius 3 is 2.83 bits per heavy atom. The van der Waals surface area contributed by atoms with Crippen LogP contribution >= 0.6 is 0 Å². The Labute approximate surface area is 72.1 Å². The van der Waals surface area contributed by atoms with Crippen molar-refractivity contribution in [1.29, 1.82) is 0 Å². The summed E-state index contributed by atoms with van der Waals surface area (Å²) in [5.41, 5.74) is 2.40. The molecular formula is C11H11N. The Morgan fingerprint density at radius 2 is 2.00 bits per heavy atom. The number of benzene rings is 1. The van der Waals surface area contributed by atoms with E-state index in [0.717, 1.165) is 5.69 Å². The predicted molar refractivity (Wildman–Crippen MR) is 51.2 cm³/mol. The van der Waals surface area contributed by atoms with Crippen LogP contribution in [-0.2, 0) is 0 Å². The third-order valence-corrected chi connectivity index (χ3v) is 2.12. The molecule has 0 atom stereocenters. The van der Waals surface area contributed by atoms with Gasteiger partial charge in [-0.15, -0.1) is 0 Å². The number of fused-ring (bicyclic) bond motifs is 1. The Kier molecular flexibility index (Phi) is 1.58. The highest BCUT2D eigenvalue weighted by atomic mass is 14.6. The first-order chi connectivity index (χ1) is 5.77. The quantitative estimate of drug-likeness (QED) is 0.573. The van der Waals surface area contributed by atoms with Gasteiger partial charge in [-0.1, -0.05) is 18.2 Å². The molecule has 0 amide bonds. The number of aromatic nitrogens is 1. The number of hydrogen-bond acceptors (Lipinski definition) is 1. The Morgan fingerprint density at radius 1 is 1.17 bits per heavy atom. The van der Waals surface area contributed by atoms with Crippen molar-refractivity contribution in [2.24, 2.45) is 0 Å². The van der Waals surface area contributed by atoms with Crippen LogP contribution in [0.15, 0.2) is 30.5 Å². The van der Waals surface area contributed by atoms with E-state index < -0.39 is 0 Å². The molecule has 0 aliphatic carbocycles. The van der Waals surface area contributed by atoms with Crippen molar-refractivity contribution in [3.63, 3.8) is 0 Å². The van der Waals surface area contributed by atoms with E-state index in [0.29, 0.717) is 0 Å². The molecule has 1 heteroatoms. The summed E-state index contributed by atoms with van der Waals surface area (Å²) in [4.78, 5) is 4.25. The van der Waals surface area contributed by atoms with Crippen molar-refractivity contribution >= 4 is 10.8 Å². The van der Waals surface area contributed by atoms with Gasteiger partial charge in [-0.3, -0.25) is 4.98 Å². The average molecular weight is 157 g/mol. The molecule has 2 rings (SSSR count). The lowest BCUT2D eigenvalue weighted by Crippen LogP contribution is -1.83. The van der Waals surface area contributed by atoms with E-state index in [-0.39, 0.29) is 0 Å². The summed E-state index contributed by atoms with van der Waals surface area (Å²) in [6.07, 6.45) is 1.93. The van der Waals surface area contributed by atoms with Gasteiger partial charge in [0, 0.05) is 17.3 Å². The zero-order chi connectivity index (χ0) is 8.55. The standard InChI is InChI=1S/C11H11N/c1-8-4-3-5-10-7-12-9(2)6-11(8)10/h3-7H,1-2H3. The lowest BCUT2D eigenvalue weighted by atomic mass is 10.1. The molecule has 0 bridgehead atoms. The molecule has 1 aromatic heterocycles. The molecule has 0 unspecified atom stereocenters. The highest BCUT2D eigenvalue weighted by Crippen LogP contribution is 2.17. The molecule has 0 aliphatic rings. The molecule has 0 fully saturated rings. The minimum atomic E-state index is 1.08. The maximum absolute atomic E-state index is 4.25. The number of hydrogen-bond donors (Lipinski definition) is 0. The highest BCUT2D eigenvalue weighted by Gasteiger charge is 1.95. The van der Waals surface area contributed by atoms with Crippen LogP contribution in [0, 0.1) is 13.8 Å². The lowest BCUT2D eigenvalue weighted by molar-refractivity contribution is 1.22. The van der Waals surface area contributed by atoms with Gasteiger partial charge in [-0.25, -0.2) is 0 Å². The van der Waals surface area contributed by atoms with E-state index >= 15 is 0 Å². The fraction of sp³-hybridized carbons (Fsp3) is 0.182. The summed E-state index contributed by atoms with van der Waals surface area (Å²) in [6.45, 7) is 4.15. The maximum atomic E-state index is 4.25. The minimum Gasteiger partial charge on any atom is -0.261 e. The second-order valence-electron chi connectivity index (χ2n) is 3.12. The smallest absolute Gasteiger partial charge is 0.0379 e. The summed E-state index contributed by atoms with van der Waals surface area (Å²) in [6, 6.07) is 8.41. The third-order valence-electron chi connectivity index (χ3n) is 2.12. The zero-order valence-electron chi connectivity index (χ0n) is 7.33. The first-order valence-electron chi connectivity index (χ1n) is 4.09. The molecule has 0 saturated heterocycles. The van der Waals surface area contributed by atoms with Gasteiger partial charge in [0.2, 0.25) is 0 Å². The SMILES string of the molecule is Cc1cc2c(C)cccc2cn1. The fourth-order valence-electron chi connectivity index (χ4n) is 1.43. The van der Waals surface area contributed by atoms with Crippen molar-refractivity contribution in [2.45, 2.75) is 13.8 Å². The summed E-state index contributed by atoms with van der Waals surface area (Å²) < 4.78 is 0. The molecule has 1 aromatic carbocycles. The second kappa shape index (κ2) is 2.59. The molecule has 12 heavy (non-hydrogen) atoms. The van der Waals surface area contributed by atoms with Crippen LogP contribution in [0.25, 0.3) is 10.8 Å². The molecule has 0 aliphatic heterocycles. The number of nitrogens with zero attached hydrogens (tertiary/aromatic N) is 1. The maximum Gasteiger partial charge on any atom is 0.0379 e. The molecule has 0 spiro atoms. The zero-order valence-corrected chi connectivity index (χ0v) is 7.33. The molecule has 1 heterocycles. The Bertz CT molecular complexity index is 418. The molecule has 1 nitrogen and oxygen atoms in total. The molecule has 0 saturated carbocycles. The van der Waals surface area contributed by atoms with Gasteiger partial charge in [0.15, 0.2) is 0 Å². The van der Waals surface area contributed by atoms with Crippen LogP contribution in [0.5, 0.6) is 0 Å². The van der Waals surface area contributed by atoms with Gasteiger partial charge in [-0.05, 0) is 30.9 Å².